The van der Waals surface area contributed by atoms with Gasteiger partial charge in [0.05, 0.1) is 18.6 Å². The van der Waals surface area contributed by atoms with E-state index in [9.17, 15) is 13.2 Å². The van der Waals surface area contributed by atoms with Crippen LogP contribution in [-0.2, 0) is 21.2 Å². The second-order valence-corrected chi connectivity index (χ2v) is 9.00. The van der Waals surface area contributed by atoms with E-state index in [1.807, 2.05) is 44.2 Å². The Bertz CT molecular complexity index is 1140. The number of nitrogens with one attached hydrogen (secondary N) is 1. The Kier molecular flexibility index (Phi) is 6.56. The minimum absolute atomic E-state index is 0.0202. The zero-order valence-electron chi connectivity index (χ0n) is 17.1. The van der Waals surface area contributed by atoms with E-state index in [1.54, 1.807) is 12.1 Å². The Morgan fingerprint density at radius 2 is 1.87 bits per heavy atom. The normalized spacial score (nSPS) is 11.3. The molecule has 0 aliphatic carbocycles. The highest BCUT2D eigenvalue weighted by Crippen LogP contribution is 2.33. The maximum atomic E-state index is 13.0. The number of amides is 1. The molecular weight excluding hydrogens is 404 g/mol. The van der Waals surface area contributed by atoms with Crippen molar-refractivity contribution in [3.63, 3.8) is 0 Å². The molecule has 0 atom stereocenters. The summed E-state index contributed by atoms with van der Waals surface area (Å²) in [7, 11) is -2.36. The van der Waals surface area contributed by atoms with Gasteiger partial charge in [0.25, 0.3) is 0 Å². The average Bonchev–Trinajstić information content (AvgIpc) is 3.09. The predicted octanol–water partition coefficient (Wildman–Crippen LogP) is 3.45. The first-order chi connectivity index (χ1) is 14.3. The van der Waals surface area contributed by atoms with Gasteiger partial charge in [0, 0.05) is 24.1 Å². The molecule has 0 saturated heterocycles. The Balaban J connectivity index is 1.75. The van der Waals surface area contributed by atoms with Crippen molar-refractivity contribution in [1.82, 2.24) is 10.5 Å². The van der Waals surface area contributed by atoms with Gasteiger partial charge in [0.15, 0.2) is 15.6 Å². The molecule has 30 heavy (non-hydrogen) atoms. The first-order valence-corrected chi connectivity index (χ1v) is 11.1. The van der Waals surface area contributed by atoms with Crippen LogP contribution < -0.4 is 10.1 Å². The smallest absolute Gasteiger partial charge is 0.221 e. The monoisotopic (exact) mass is 428 g/mol. The number of carbonyl (C=O) groups excluding carboxylic acids is 1. The van der Waals surface area contributed by atoms with Crippen molar-refractivity contribution in [1.29, 1.82) is 0 Å². The zero-order chi connectivity index (χ0) is 21.7. The average molecular weight is 429 g/mol. The molecule has 8 heteroatoms. The summed E-state index contributed by atoms with van der Waals surface area (Å²) in [5.74, 6) is 0.0609. The molecule has 0 unspecified atom stereocenters. The maximum Gasteiger partial charge on any atom is 0.221 e. The lowest BCUT2D eigenvalue weighted by Crippen LogP contribution is -2.25. The molecule has 1 amide bonds. The summed E-state index contributed by atoms with van der Waals surface area (Å²) in [6.07, 6.45) is -0.150. The third-order valence-corrected chi connectivity index (χ3v) is 6.58. The number of rotatable bonds is 8. The van der Waals surface area contributed by atoms with Crippen molar-refractivity contribution in [3.05, 3.63) is 65.4 Å². The van der Waals surface area contributed by atoms with Crippen molar-refractivity contribution in [2.45, 2.75) is 31.7 Å². The van der Waals surface area contributed by atoms with Crippen LogP contribution in [0.15, 0.2) is 57.9 Å². The summed E-state index contributed by atoms with van der Waals surface area (Å²) in [5, 5.41) is 6.66. The fraction of sp³-hybridized carbons (Fsp3) is 0.273. The van der Waals surface area contributed by atoms with Gasteiger partial charge < -0.3 is 14.6 Å². The number of methoxy groups -OCH3 is 1. The van der Waals surface area contributed by atoms with Gasteiger partial charge in [-0.1, -0.05) is 35.5 Å². The van der Waals surface area contributed by atoms with Crippen LogP contribution in [0.2, 0.25) is 0 Å². The van der Waals surface area contributed by atoms with Crippen molar-refractivity contribution in [2.75, 3.05) is 12.9 Å². The highest BCUT2D eigenvalue weighted by Gasteiger charge is 2.23. The van der Waals surface area contributed by atoms with Gasteiger partial charge in [-0.05, 0) is 37.6 Å². The SMILES string of the molecule is COc1ccc(-c2onc(C)c2C)cc1S(=O)(=O)CCC(=O)NCc1ccccc1. The summed E-state index contributed by atoms with van der Waals surface area (Å²) >= 11 is 0. The quantitative estimate of drug-likeness (QED) is 0.590. The van der Waals surface area contributed by atoms with Gasteiger partial charge in [-0.3, -0.25) is 4.79 Å². The molecule has 0 aliphatic heterocycles. The van der Waals surface area contributed by atoms with Crippen LogP contribution in [0.25, 0.3) is 11.3 Å². The second-order valence-electron chi connectivity index (χ2n) is 6.92. The molecule has 3 aromatic rings. The van der Waals surface area contributed by atoms with Gasteiger partial charge >= 0.3 is 0 Å². The minimum atomic E-state index is -3.77. The Morgan fingerprint density at radius 1 is 1.13 bits per heavy atom. The molecule has 0 radical (unpaired) electrons. The van der Waals surface area contributed by atoms with E-state index < -0.39 is 9.84 Å². The first kappa shape index (κ1) is 21.6. The molecule has 1 heterocycles. The van der Waals surface area contributed by atoms with Crippen molar-refractivity contribution >= 4 is 15.7 Å². The lowest BCUT2D eigenvalue weighted by Gasteiger charge is -2.11. The van der Waals surface area contributed by atoms with Crippen LogP contribution in [0.4, 0.5) is 0 Å². The number of nitrogens with zero attached hydrogens (tertiary/aromatic N) is 1. The Morgan fingerprint density at radius 3 is 2.50 bits per heavy atom. The molecule has 2 aromatic carbocycles. The molecule has 0 bridgehead atoms. The Hall–Kier alpha value is -3.13. The molecular formula is C22H24N2O5S. The number of aromatic nitrogens is 1. The number of aryl methyl sites for hydroxylation is 1. The van der Waals surface area contributed by atoms with Crippen LogP contribution in [0, 0.1) is 13.8 Å². The lowest BCUT2D eigenvalue weighted by molar-refractivity contribution is -0.120. The van der Waals surface area contributed by atoms with Crippen molar-refractivity contribution < 1.29 is 22.5 Å². The molecule has 0 fully saturated rings. The van der Waals surface area contributed by atoms with Gasteiger partial charge in [-0.2, -0.15) is 0 Å². The van der Waals surface area contributed by atoms with Gasteiger partial charge in [0.2, 0.25) is 5.91 Å². The highest BCUT2D eigenvalue weighted by molar-refractivity contribution is 7.91. The van der Waals surface area contributed by atoms with Crippen LogP contribution >= 0.6 is 0 Å². The molecule has 0 saturated carbocycles. The number of benzene rings is 2. The van der Waals surface area contributed by atoms with E-state index >= 15 is 0 Å². The van der Waals surface area contributed by atoms with Crippen LogP contribution in [0.1, 0.15) is 23.2 Å². The predicted molar refractivity (Wildman–Crippen MR) is 113 cm³/mol. The first-order valence-electron chi connectivity index (χ1n) is 9.46. The number of ether oxygens (including phenoxy) is 1. The molecule has 0 spiro atoms. The summed E-state index contributed by atoms with van der Waals surface area (Å²) in [6, 6.07) is 14.2. The second kappa shape index (κ2) is 9.13. The van der Waals surface area contributed by atoms with E-state index in [0.717, 1.165) is 16.8 Å². The molecule has 158 valence electrons. The molecule has 1 N–H and O–H groups in total. The van der Waals surface area contributed by atoms with Crippen LogP contribution in [0.5, 0.6) is 5.75 Å². The standard InChI is InChI=1S/C22H24N2O5S/c1-15-16(2)24-29-22(15)18-9-10-19(28-3)20(13-18)30(26,27)12-11-21(25)23-14-17-7-5-4-6-8-17/h4-10,13H,11-12,14H2,1-3H3,(H,23,25). The highest BCUT2D eigenvalue weighted by atomic mass is 32.2. The zero-order valence-corrected chi connectivity index (χ0v) is 18.0. The van der Waals surface area contributed by atoms with Gasteiger partial charge in [-0.15, -0.1) is 0 Å². The maximum absolute atomic E-state index is 13.0. The lowest BCUT2D eigenvalue weighted by atomic mass is 10.1. The van der Waals surface area contributed by atoms with E-state index in [1.165, 1.54) is 13.2 Å². The number of sulfone groups is 1. The summed E-state index contributed by atoms with van der Waals surface area (Å²) in [4.78, 5) is 12.2. The van der Waals surface area contributed by atoms with Crippen molar-refractivity contribution in [2.24, 2.45) is 0 Å². The summed E-state index contributed by atoms with van der Waals surface area (Å²) in [6.45, 7) is 4.02. The minimum Gasteiger partial charge on any atom is -0.495 e. The largest absolute Gasteiger partial charge is 0.495 e. The molecule has 3 rings (SSSR count). The molecule has 0 aliphatic rings. The van der Waals surface area contributed by atoms with Crippen LogP contribution in [-0.4, -0.2) is 32.3 Å². The number of hydrogen-bond acceptors (Lipinski definition) is 6. The Labute approximate surface area is 176 Å². The molecule has 1 aromatic heterocycles. The van der Waals surface area contributed by atoms with Gasteiger partial charge in [-0.25, -0.2) is 8.42 Å². The number of hydrogen-bond donors (Lipinski definition) is 1. The number of carbonyl (C=O) groups is 1. The van der Waals surface area contributed by atoms with E-state index in [2.05, 4.69) is 10.5 Å². The third kappa shape index (κ3) is 4.88. The van der Waals surface area contributed by atoms with Gasteiger partial charge in [0.1, 0.15) is 10.6 Å². The summed E-state index contributed by atoms with van der Waals surface area (Å²) in [5.41, 5.74) is 3.10. The van der Waals surface area contributed by atoms with E-state index in [0.29, 0.717) is 17.9 Å². The fourth-order valence-corrected chi connectivity index (χ4v) is 4.41. The van der Waals surface area contributed by atoms with Crippen LogP contribution in [0.3, 0.4) is 0 Å². The fourth-order valence-electron chi connectivity index (χ4n) is 2.97. The topological polar surface area (TPSA) is 98.5 Å². The third-order valence-electron chi connectivity index (χ3n) is 4.85. The van der Waals surface area contributed by atoms with Crippen molar-refractivity contribution in [3.8, 4) is 17.1 Å². The summed E-state index contributed by atoms with van der Waals surface area (Å²) < 4.78 is 36.5. The van der Waals surface area contributed by atoms with E-state index in [4.69, 9.17) is 9.26 Å². The van der Waals surface area contributed by atoms with E-state index in [-0.39, 0.29) is 28.7 Å². The molecule has 7 nitrogen and oxygen atoms in total.